The van der Waals surface area contributed by atoms with Gasteiger partial charge in [0.05, 0.1) is 30.8 Å². The fourth-order valence-corrected chi connectivity index (χ4v) is 5.46. The van der Waals surface area contributed by atoms with E-state index in [2.05, 4.69) is 10.3 Å². The molecule has 40 heavy (non-hydrogen) atoms. The summed E-state index contributed by atoms with van der Waals surface area (Å²) in [6, 6.07) is 17.5. The molecule has 3 aromatic rings. The first-order valence-corrected chi connectivity index (χ1v) is 13.7. The second-order valence-corrected chi connectivity index (χ2v) is 10.4. The summed E-state index contributed by atoms with van der Waals surface area (Å²) in [5.41, 5.74) is 3.05. The van der Waals surface area contributed by atoms with Crippen LogP contribution in [0.5, 0.6) is 0 Å². The largest absolute Gasteiger partial charge is 0.481 e. The third-order valence-corrected chi connectivity index (χ3v) is 7.64. The number of nitrogens with one attached hydrogen (secondary N) is 1. The first kappa shape index (κ1) is 29.2. The highest BCUT2D eigenvalue weighted by molar-refractivity contribution is 7.99. The number of rotatable bonds is 11. The highest BCUT2D eigenvalue weighted by Gasteiger charge is 2.38. The molecule has 10 nitrogen and oxygen atoms in total. The minimum Gasteiger partial charge on any atom is -0.481 e. The van der Waals surface area contributed by atoms with E-state index in [0.717, 1.165) is 11.1 Å². The number of pyridine rings is 1. The molecular formula is C29H30N2O8S. The highest BCUT2D eigenvalue weighted by Crippen LogP contribution is 2.43. The van der Waals surface area contributed by atoms with Crippen molar-refractivity contribution >= 4 is 35.3 Å². The SMILES string of the molecule is C[C@H]1[C@@H](CSc2ncccc2C(=O)O)O[C@@H](c2ccc(NC(=O)CCC(=O)O)cc2)O[C@H]1c1ccc(CO)cc1. The van der Waals surface area contributed by atoms with E-state index in [1.807, 2.05) is 31.2 Å². The van der Waals surface area contributed by atoms with Gasteiger partial charge in [0.2, 0.25) is 5.91 Å². The number of hydrogen-bond donors (Lipinski definition) is 4. The first-order chi connectivity index (χ1) is 19.2. The number of benzene rings is 2. The molecule has 2 aromatic carbocycles. The molecular weight excluding hydrogens is 536 g/mol. The van der Waals surface area contributed by atoms with E-state index in [1.54, 1.807) is 36.5 Å². The Labute approximate surface area is 235 Å². The van der Waals surface area contributed by atoms with E-state index in [0.29, 0.717) is 22.0 Å². The lowest BCUT2D eigenvalue weighted by Crippen LogP contribution is -2.38. The summed E-state index contributed by atoms with van der Waals surface area (Å²) >= 11 is 1.31. The number of ether oxygens (including phenoxy) is 2. The van der Waals surface area contributed by atoms with Crippen LogP contribution < -0.4 is 5.32 Å². The number of nitrogens with zero attached hydrogens (tertiary/aromatic N) is 1. The Morgan fingerprint density at radius 2 is 1.65 bits per heavy atom. The average Bonchev–Trinajstić information content (AvgIpc) is 2.96. The number of aliphatic hydroxyl groups excluding tert-OH is 1. The molecule has 0 aliphatic carbocycles. The minimum absolute atomic E-state index is 0.0679. The number of aromatic carboxylic acids is 1. The van der Waals surface area contributed by atoms with Crippen LogP contribution in [0.4, 0.5) is 5.69 Å². The van der Waals surface area contributed by atoms with Crippen molar-refractivity contribution in [1.82, 2.24) is 4.98 Å². The molecule has 1 aliphatic heterocycles. The maximum Gasteiger partial charge on any atom is 0.338 e. The predicted octanol–water partition coefficient (Wildman–Crippen LogP) is 4.66. The van der Waals surface area contributed by atoms with Gasteiger partial charge in [0.1, 0.15) is 5.03 Å². The molecule has 0 bridgehead atoms. The van der Waals surface area contributed by atoms with Gasteiger partial charge in [-0.25, -0.2) is 9.78 Å². The third-order valence-electron chi connectivity index (χ3n) is 6.54. The van der Waals surface area contributed by atoms with Gasteiger partial charge >= 0.3 is 11.9 Å². The van der Waals surface area contributed by atoms with Gasteiger partial charge < -0.3 is 30.1 Å². The number of carbonyl (C=O) groups is 3. The van der Waals surface area contributed by atoms with Gasteiger partial charge in [-0.3, -0.25) is 9.59 Å². The van der Waals surface area contributed by atoms with Crippen molar-refractivity contribution in [2.75, 3.05) is 11.1 Å². The van der Waals surface area contributed by atoms with Crippen LogP contribution >= 0.6 is 11.8 Å². The topological polar surface area (TPSA) is 155 Å². The van der Waals surface area contributed by atoms with E-state index < -0.39 is 24.1 Å². The molecule has 4 rings (SSSR count). The Morgan fingerprint density at radius 1 is 0.950 bits per heavy atom. The third kappa shape index (κ3) is 7.45. The van der Waals surface area contributed by atoms with Gasteiger partial charge in [-0.1, -0.05) is 43.3 Å². The quantitative estimate of drug-likeness (QED) is 0.241. The fourth-order valence-electron chi connectivity index (χ4n) is 4.31. The Balaban J connectivity index is 1.54. The minimum atomic E-state index is -1.05. The van der Waals surface area contributed by atoms with E-state index in [-0.39, 0.29) is 43.1 Å². The number of hydrogen-bond acceptors (Lipinski definition) is 8. The lowest BCUT2D eigenvalue weighted by molar-refractivity contribution is -0.268. The second-order valence-electron chi connectivity index (χ2n) is 9.36. The van der Waals surface area contributed by atoms with Crippen molar-refractivity contribution in [1.29, 1.82) is 0 Å². The standard InChI is InChI=1S/C29H30N2O8S/c1-17-23(16-40-27-22(28(36)37)3-2-14-30-27)38-29(39-26(17)19-6-4-18(15-32)5-7-19)20-8-10-21(11-9-20)31-24(33)12-13-25(34)35/h2-11,14,17,23,26,29,32H,12-13,15-16H2,1H3,(H,31,33)(H,34,35)(H,36,37)/t17-,23+,26+,29+/m0/s1. The van der Waals surface area contributed by atoms with Crippen molar-refractivity contribution in [3.8, 4) is 0 Å². The second kappa shape index (κ2) is 13.5. The predicted molar refractivity (Wildman–Crippen MR) is 147 cm³/mol. The molecule has 210 valence electrons. The zero-order valence-corrected chi connectivity index (χ0v) is 22.5. The molecule has 4 N–H and O–H groups in total. The molecule has 0 unspecified atom stereocenters. The number of aromatic nitrogens is 1. The van der Waals surface area contributed by atoms with Crippen LogP contribution in [-0.2, 0) is 25.7 Å². The normalized spacial score (nSPS) is 20.6. The van der Waals surface area contributed by atoms with E-state index in [4.69, 9.17) is 14.6 Å². The summed E-state index contributed by atoms with van der Waals surface area (Å²) in [6.45, 7) is 1.94. The molecule has 1 amide bonds. The Hall–Kier alpha value is -3.77. The molecule has 2 heterocycles. The average molecular weight is 567 g/mol. The van der Waals surface area contributed by atoms with Crippen molar-refractivity contribution in [3.05, 3.63) is 89.1 Å². The van der Waals surface area contributed by atoms with E-state index in [9.17, 15) is 24.6 Å². The molecule has 11 heteroatoms. The van der Waals surface area contributed by atoms with Crippen molar-refractivity contribution in [2.24, 2.45) is 5.92 Å². The molecule has 1 saturated heterocycles. The van der Waals surface area contributed by atoms with Gasteiger partial charge in [0.15, 0.2) is 6.29 Å². The fraction of sp³-hybridized carbons (Fsp3) is 0.310. The van der Waals surface area contributed by atoms with Gasteiger partial charge in [-0.15, -0.1) is 11.8 Å². The monoisotopic (exact) mass is 566 g/mol. The summed E-state index contributed by atoms with van der Waals surface area (Å²) in [5, 5.41) is 30.8. The van der Waals surface area contributed by atoms with Crippen molar-refractivity contribution < 1.29 is 39.2 Å². The molecule has 0 radical (unpaired) electrons. The molecule has 1 fully saturated rings. The van der Waals surface area contributed by atoms with Crippen LogP contribution in [0.25, 0.3) is 0 Å². The molecule has 1 aromatic heterocycles. The number of carboxylic acid groups (broad SMARTS) is 2. The van der Waals surface area contributed by atoms with Crippen LogP contribution in [0.1, 0.15) is 59.2 Å². The lowest BCUT2D eigenvalue weighted by atomic mass is 9.91. The number of aliphatic carboxylic acids is 1. The zero-order chi connectivity index (χ0) is 28.6. The number of thioether (sulfide) groups is 1. The maximum absolute atomic E-state index is 12.0. The van der Waals surface area contributed by atoms with E-state index >= 15 is 0 Å². The molecule has 1 aliphatic rings. The number of carbonyl (C=O) groups excluding carboxylic acids is 1. The summed E-state index contributed by atoms with van der Waals surface area (Å²) < 4.78 is 12.8. The number of amides is 1. The number of anilines is 1. The smallest absolute Gasteiger partial charge is 0.338 e. The van der Waals surface area contributed by atoms with Crippen LogP contribution in [0.15, 0.2) is 71.9 Å². The number of aliphatic hydroxyl groups is 1. The zero-order valence-electron chi connectivity index (χ0n) is 21.7. The number of carboxylic acids is 2. The summed E-state index contributed by atoms with van der Waals surface area (Å²) in [7, 11) is 0. The van der Waals surface area contributed by atoms with Crippen LogP contribution in [-0.4, -0.2) is 50.0 Å². The van der Waals surface area contributed by atoms with Gasteiger partial charge in [0.25, 0.3) is 0 Å². The summed E-state index contributed by atoms with van der Waals surface area (Å²) in [4.78, 5) is 38.6. The van der Waals surface area contributed by atoms with Crippen molar-refractivity contribution in [2.45, 2.75) is 49.9 Å². The van der Waals surface area contributed by atoms with Crippen LogP contribution in [0.3, 0.4) is 0 Å². The summed E-state index contributed by atoms with van der Waals surface area (Å²) in [6.07, 6.45) is -0.249. The molecule has 0 spiro atoms. The van der Waals surface area contributed by atoms with Crippen molar-refractivity contribution in [3.63, 3.8) is 0 Å². The highest BCUT2D eigenvalue weighted by atomic mass is 32.2. The molecule has 4 atom stereocenters. The molecule has 0 saturated carbocycles. The Morgan fingerprint density at radius 3 is 2.30 bits per heavy atom. The Kier molecular flexibility index (Phi) is 9.88. The first-order valence-electron chi connectivity index (χ1n) is 12.7. The Bertz CT molecular complexity index is 1330. The lowest BCUT2D eigenvalue weighted by Gasteiger charge is -2.41. The maximum atomic E-state index is 12.0. The van der Waals surface area contributed by atoms with Gasteiger partial charge in [0, 0.05) is 35.5 Å². The van der Waals surface area contributed by atoms with Gasteiger partial charge in [-0.05, 0) is 35.4 Å². The van der Waals surface area contributed by atoms with E-state index in [1.165, 1.54) is 17.8 Å². The van der Waals surface area contributed by atoms with Gasteiger partial charge in [-0.2, -0.15) is 0 Å². The summed E-state index contributed by atoms with van der Waals surface area (Å²) in [5.74, 6) is -2.16. The van der Waals surface area contributed by atoms with Crippen LogP contribution in [0, 0.1) is 5.92 Å². The van der Waals surface area contributed by atoms with Crippen LogP contribution in [0.2, 0.25) is 0 Å².